The van der Waals surface area contributed by atoms with Crippen LogP contribution in [0, 0.1) is 6.92 Å². The molecule has 2 heterocycles. The van der Waals surface area contributed by atoms with Gasteiger partial charge in [-0.25, -0.2) is 13.4 Å². The monoisotopic (exact) mass is 468 g/mol. The van der Waals surface area contributed by atoms with E-state index in [1.54, 1.807) is 6.20 Å². The minimum atomic E-state index is -3.66. The molecule has 1 amide bonds. The lowest BCUT2D eigenvalue weighted by atomic mass is 10.1. The number of imidazole rings is 1. The van der Waals surface area contributed by atoms with E-state index in [1.165, 1.54) is 29.6 Å². The first kappa shape index (κ1) is 23.0. The number of carbonyl (C=O) groups is 1. The first-order chi connectivity index (χ1) is 15.9. The average Bonchev–Trinajstić information content (AvgIpc) is 3.28. The summed E-state index contributed by atoms with van der Waals surface area (Å²) in [5.74, 6) is 0.759. The lowest BCUT2D eigenvalue weighted by Gasteiger charge is -2.26. The van der Waals surface area contributed by atoms with E-state index in [4.69, 9.17) is 4.74 Å². The number of ether oxygens (including phenoxy) is 1. The van der Waals surface area contributed by atoms with Crippen LogP contribution in [0.2, 0.25) is 0 Å². The highest BCUT2D eigenvalue weighted by Crippen LogP contribution is 2.26. The van der Waals surface area contributed by atoms with Crippen LogP contribution in [-0.2, 0) is 16.6 Å². The molecule has 1 aliphatic heterocycles. The summed E-state index contributed by atoms with van der Waals surface area (Å²) in [6.45, 7) is 3.17. The van der Waals surface area contributed by atoms with E-state index in [0.29, 0.717) is 18.8 Å². The highest BCUT2D eigenvalue weighted by molar-refractivity contribution is 7.89. The molecule has 33 heavy (non-hydrogen) atoms. The van der Waals surface area contributed by atoms with Gasteiger partial charge >= 0.3 is 0 Å². The molecule has 0 spiro atoms. The number of carbonyl (C=O) groups excluding carboxylic acids is 1. The second kappa shape index (κ2) is 9.76. The second-order valence-electron chi connectivity index (χ2n) is 7.98. The average molecular weight is 469 g/mol. The van der Waals surface area contributed by atoms with E-state index >= 15 is 0 Å². The smallest absolute Gasteiger partial charge is 0.255 e. The maximum atomic E-state index is 13.1. The van der Waals surface area contributed by atoms with E-state index in [1.807, 2.05) is 42.0 Å². The van der Waals surface area contributed by atoms with Gasteiger partial charge in [0.25, 0.3) is 5.91 Å². The van der Waals surface area contributed by atoms with E-state index in [9.17, 15) is 13.2 Å². The quantitative estimate of drug-likeness (QED) is 0.574. The Bertz CT molecular complexity index is 1250. The standard InChI is InChI=1S/C24H28N4O4S/c1-18-25-12-15-28(18)22-9-5-4-8-19(22)17-26-24(29)21-16-20(10-11-23(21)32-2)33(30,31)27-13-6-3-7-14-27/h4-5,8-12,15-16H,3,6-7,13-14,17H2,1-2H3,(H,26,29). The van der Waals surface area contributed by atoms with Crippen LogP contribution in [-0.4, -0.2) is 48.4 Å². The summed E-state index contributed by atoms with van der Waals surface area (Å²) < 4.78 is 35.0. The Labute approximate surface area is 194 Å². The lowest BCUT2D eigenvalue weighted by molar-refractivity contribution is 0.0947. The Morgan fingerprint density at radius 3 is 2.58 bits per heavy atom. The van der Waals surface area contributed by atoms with Crippen LogP contribution in [0.3, 0.4) is 0 Å². The van der Waals surface area contributed by atoms with Crippen LogP contribution in [0.5, 0.6) is 5.75 Å². The van der Waals surface area contributed by atoms with Gasteiger partial charge in [-0.05, 0) is 49.6 Å². The van der Waals surface area contributed by atoms with Crippen molar-refractivity contribution in [1.82, 2.24) is 19.2 Å². The van der Waals surface area contributed by atoms with Crippen molar-refractivity contribution in [2.24, 2.45) is 0 Å². The Morgan fingerprint density at radius 2 is 1.88 bits per heavy atom. The highest BCUT2D eigenvalue weighted by atomic mass is 32.2. The molecule has 1 saturated heterocycles. The molecule has 1 aromatic heterocycles. The minimum Gasteiger partial charge on any atom is -0.496 e. The largest absolute Gasteiger partial charge is 0.496 e. The van der Waals surface area contributed by atoms with Crippen molar-refractivity contribution >= 4 is 15.9 Å². The number of benzene rings is 2. The molecule has 0 bridgehead atoms. The number of sulfonamides is 1. The van der Waals surface area contributed by atoms with Crippen molar-refractivity contribution < 1.29 is 17.9 Å². The van der Waals surface area contributed by atoms with Crippen molar-refractivity contribution in [2.75, 3.05) is 20.2 Å². The van der Waals surface area contributed by atoms with Crippen molar-refractivity contribution in [3.63, 3.8) is 0 Å². The molecule has 4 rings (SSSR count). The van der Waals surface area contributed by atoms with Crippen molar-refractivity contribution in [2.45, 2.75) is 37.6 Å². The Balaban J connectivity index is 1.58. The normalized spacial score (nSPS) is 14.7. The third-order valence-corrected chi connectivity index (χ3v) is 7.78. The fourth-order valence-electron chi connectivity index (χ4n) is 4.08. The number of nitrogens with one attached hydrogen (secondary N) is 1. The van der Waals surface area contributed by atoms with Crippen molar-refractivity contribution in [3.05, 3.63) is 71.8 Å². The molecule has 0 radical (unpaired) electrons. The number of hydrogen-bond acceptors (Lipinski definition) is 5. The molecule has 0 unspecified atom stereocenters. The summed E-state index contributed by atoms with van der Waals surface area (Å²) in [4.78, 5) is 17.5. The molecule has 1 aliphatic rings. The fourth-order valence-corrected chi connectivity index (χ4v) is 5.62. The summed E-state index contributed by atoms with van der Waals surface area (Å²) in [5, 5.41) is 2.91. The Kier molecular flexibility index (Phi) is 6.80. The van der Waals surface area contributed by atoms with Gasteiger partial charge in [0.15, 0.2) is 0 Å². The maximum absolute atomic E-state index is 13.1. The Hall–Kier alpha value is -3.17. The molecule has 0 saturated carbocycles. The minimum absolute atomic E-state index is 0.102. The van der Waals surface area contributed by atoms with Gasteiger partial charge in [0.1, 0.15) is 11.6 Å². The Morgan fingerprint density at radius 1 is 1.12 bits per heavy atom. The fraction of sp³-hybridized carbons (Fsp3) is 0.333. The van der Waals surface area contributed by atoms with E-state index in [0.717, 1.165) is 36.3 Å². The molecule has 3 aromatic rings. The molecular weight excluding hydrogens is 440 g/mol. The van der Waals surface area contributed by atoms with Gasteiger partial charge in [-0.15, -0.1) is 0 Å². The number of amides is 1. The number of aryl methyl sites for hydroxylation is 1. The first-order valence-corrected chi connectivity index (χ1v) is 12.4. The predicted octanol–water partition coefficient (Wildman–Crippen LogP) is 3.29. The van der Waals surface area contributed by atoms with Gasteiger partial charge in [-0.3, -0.25) is 4.79 Å². The van der Waals surface area contributed by atoms with E-state index < -0.39 is 15.9 Å². The predicted molar refractivity (Wildman–Crippen MR) is 125 cm³/mol. The van der Waals surface area contributed by atoms with Crippen LogP contribution in [0.25, 0.3) is 5.69 Å². The number of aromatic nitrogens is 2. The summed E-state index contributed by atoms with van der Waals surface area (Å²) >= 11 is 0. The first-order valence-electron chi connectivity index (χ1n) is 11.0. The summed E-state index contributed by atoms with van der Waals surface area (Å²) in [6.07, 6.45) is 6.32. The summed E-state index contributed by atoms with van der Waals surface area (Å²) in [7, 11) is -2.20. The molecule has 174 valence electrons. The molecule has 8 nitrogen and oxygen atoms in total. The number of hydrogen-bond donors (Lipinski definition) is 1. The zero-order chi connectivity index (χ0) is 23.4. The van der Waals surface area contributed by atoms with Crippen molar-refractivity contribution in [1.29, 1.82) is 0 Å². The second-order valence-corrected chi connectivity index (χ2v) is 9.92. The van der Waals surface area contributed by atoms with Gasteiger partial charge in [0.2, 0.25) is 10.0 Å². The lowest BCUT2D eigenvalue weighted by Crippen LogP contribution is -2.35. The van der Waals surface area contributed by atoms with E-state index in [2.05, 4.69) is 10.3 Å². The van der Waals surface area contributed by atoms with Crippen molar-refractivity contribution in [3.8, 4) is 11.4 Å². The SMILES string of the molecule is COc1ccc(S(=O)(=O)N2CCCCC2)cc1C(=O)NCc1ccccc1-n1ccnc1C. The number of nitrogens with zero attached hydrogens (tertiary/aromatic N) is 3. The topological polar surface area (TPSA) is 93.5 Å². The zero-order valence-corrected chi connectivity index (χ0v) is 19.6. The number of methoxy groups -OCH3 is 1. The van der Waals surface area contributed by atoms with Gasteiger partial charge in [0.05, 0.1) is 23.3 Å². The third-order valence-electron chi connectivity index (χ3n) is 5.88. The molecule has 0 atom stereocenters. The van der Waals surface area contributed by atoms with Crippen LogP contribution < -0.4 is 10.1 Å². The summed E-state index contributed by atoms with van der Waals surface area (Å²) in [6, 6.07) is 12.2. The van der Waals surface area contributed by atoms with Gasteiger partial charge in [-0.2, -0.15) is 4.31 Å². The highest BCUT2D eigenvalue weighted by Gasteiger charge is 2.27. The van der Waals surface area contributed by atoms with Gasteiger partial charge < -0.3 is 14.6 Å². The number of para-hydroxylation sites is 1. The molecular formula is C24H28N4O4S. The molecule has 1 fully saturated rings. The van der Waals surface area contributed by atoms with Crippen LogP contribution in [0.15, 0.2) is 59.8 Å². The molecule has 9 heteroatoms. The van der Waals surface area contributed by atoms with Crippen LogP contribution >= 0.6 is 0 Å². The molecule has 2 aromatic carbocycles. The molecule has 0 aliphatic carbocycles. The number of piperidine rings is 1. The van der Waals surface area contributed by atoms with Crippen LogP contribution in [0.4, 0.5) is 0 Å². The number of rotatable bonds is 7. The van der Waals surface area contributed by atoms with E-state index in [-0.39, 0.29) is 17.0 Å². The third kappa shape index (κ3) is 4.79. The summed E-state index contributed by atoms with van der Waals surface area (Å²) in [5.41, 5.74) is 2.01. The van der Waals surface area contributed by atoms with Gasteiger partial charge in [0, 0.05) is 32.0 Å². The maximum Gasteiger partial charge on any atom is 0.255 e. The van der Waals surface area contributed by atoms with Gasteiger partial charge in [-0.1, -0.05) is 24.6 Å². The van der Waals surface area contributed by atoms with Crippen LogP contribution in [0.1, 0.15) is 41.0 Å². The molecule has 1 N–H and O–H groups in total. The zero-order valence-electron chi connectivity index (χ0n) is 18.8.